The fourth-order valence-electron chi connectivity index (χ4n) is 2.92. The molecule has 2 rings (SSSR count). The predicted molar refractivity (Wildman–Crippen MR) is 84.1 cm³/mol. The molecule has 0 spiro atoms. The average molecular weight is 276 g/mol. The van der Waals surface area contributed by atoms with Gasteiger partial charge in [0.05, 0.1) is 6.61 Å². The summed E-state index contributed by atoms with van der Waals surface area (Å²) in [6, 6.07) is 9.46. The Morgan fingerprint density at radius 1 is 1.25 bits per heavy atom. The summed E-state index contributed by atoms with van der Waals surface area (Å²) in [5.41, 5.74) is 3.06. The van der Waals surface area contributed by atoms with Gasteiger partial charge in [0.1, 0.15) is 0 Å². The van der Waals surface area contributed by atoms with E-state index in [2.05, 4.69) is 41.5 Å². The molecule has 112 valence electrons. The molecule has 0 saturated heterocycles. The first kappa shape index (κ1) is 15.5. The van der Waals surface area contributed by atoms with E-state index in [0.29, 0.717) is 6.04 Å². The fourth-order valence-corrected chi connectivity index (χ4v) is 2.92. The van der Waals surface area contributed by atoms with Crippen LogP contribution in [0.15, 0.2) is 24.3 Å². The molecule has 0 aromatic heterocycles. The molecule has 1 aromatic rings. The minimum absolute atomic E-state index is 0.532. The van der Waals surface area contributed by atoms with Crippen molar-refractivity contribution in [2.24, 2.45) is 0 Å². The molecule has 3 nitrogen and oxygen atoms in total. The van der Waals surface area contributed by atoms with E-state index >= 15 is 0 Å². The van der Waals surface area contributed by atoms with E-state index in [-0.39, 0.29) is 0 Å². The van der Waals surface area contributed by atoms with Crippen molar-refractivity contribution in [3.05, 3.63) is 35.4 Å². The molecule has 0 aliphatic heterocycles. The molecule has 1 aliphatic rings. The third-order valence-corrected chi connectivity index (χ3v) is 4.18. The predicted octanol–water partition coefficient (Wildman–Crippen LogP) is 2.62. The number of hydrogen-bond donors (Lipinski definition) is 1. The largest absolute Gasteiger partial charge is 0.383 e. The monoisotopic (exact) mass is 276 g/mol. The Morgan fingerprint density at radius 2 is 2.10 bits per heavy atom. The van der Waals surface area contributed by atoms with Gasteiger partial charge in [0.2, 0.25) is 0 Å². The van der Waals surface area contributed by atoms with Gasteiger partial charge in [-0.2, -0.15) is 0 Å². The zero-order chi connectivity index (χ0) is 14.2. The summed E-state index contributed by atoms with van der Waals surface area (Å²) in [6.07, 6.45) is 5.15. The van der Waals surface area contributed by atoms with E-state index in [0.717, 1.165) is 26.2 Å². The van der Waals surface area contributed by atoms with Gasteiger partial charge >= 0.3 is 0 Å². The third kappa shape index (κ3) is 4.58. The number of aryl methyl sites for hydroxylation is 1. The van der Waals surface area contributed by atoms with Gasteiger partial charge in [0.25, 0.3) is 0 Å². The summed E-state index contributed by atoms with van der Waals surface area (Å²) < 4.78 is 5.11. The number of ether oxygens (including phenoxy) is 1. The molecule has 0 radical (unpaired) electrons. The molecule has 0 heterocycles. The number of fused-ring (bicyclic) bond motifs is 1. The second kappa shape index (κ2) is 8.40. The second-order valence-corrected chi connectivity index (χ2v) is 5.75. The SMILES string of the molecule is COCCN(C)CCNC1CCCCc2ccccc21. The Labute approximate surface area is 123 Å². The van der Waals surface area contributed by atoms with Crippen LogP contribution in [-0.4, -0.2) is 45.3 Å². The van der Waals surface area contributed by atoms with Crippen molar-refractivity contribution >= 4 is 0 Å². The number of benzene rings is 1. The van der Waals surface area contributed by atoms with Crippen molar-refractivity contribution in [1.82, 2.24) is 10.2 Å². The first-order valence-corrected chi connectivity index (χ1v) is 7.80. The van der Waals surface area contributed by atoms with Crippen molar-refractivity contribution in [1.29, 1.82) is 0 Å². The Balaban J connectivity index is 1.83. The van der Waals surface area contributed by atoms with Crippen molar-refractivity contribution < 1.29 is 4.74 Å². The van der Waals surface area contributed by atoms with Gasteiger partial charge in [-0.1, -0.05) is 30.7 Å². The molecule has 0 amide bonds. The standard InChI is InChI=1S/C17H28N2O/c1-19(13-14-20-2)12-11-18-17-10-6-4-8-15-7-3-5-9-16(15)17/h3,5,7,9,17-18H,4,6,8,10-14H2,1-2H3. The maximum atomic E-state index is 5.11. The van der Waals surface area contributed by atoms with Crippen LogP contribution < -0.4 is 5.32 Å². The highest BCUT2D eigenvalue weighted by atomic mass is 16.5. The number of rotatable bonds is 7. The van der Waals surface area contributed by atoms with E-state index < -0.39 is 0 Å². The summed E-state index contributed by atoms with van der Waals surface area (Å²) in [7, 11) is 3.91. The molecule has 0 saturated carbocycles. The lowest BCUT2D eigenvalue weighted by molar-refractivity contribution is 0.161. The van der Waals surface area contributed by atoms with Crippen LogP contribution in [0.3, 0.4) is 0 Å². The van der Waals surface area contributed by atoms with Gasteiger partial charge < -0.3 is 15.0 Å². The van der Waals surface area contributed by atoms with Crippen LogP contribution in [0.1, 0.15) is 36.4 Å². The van der Waals surface area contributed by atoms with Gasteiger partial charge in [0, 0.05) is 32.8 Å². The quantitative estimate of drug-likeness (QED) is 0.775. The van der Waals surface area contributed by atoms with Gasteiger partial charge in [-0.25, -0.2) is 0 Å². The lowest BCUT2D eigenvalue weighted by atomic mass is 9.99. The molecule has 1 N–H and O–H groups in total. The Bertz CT molecular complexity index is 394. The van der Waals surface area contributed by atoms with E-state index in [4.69, 9.17) is 4.74 Å². The van der Waals surface area contributed by atoms with Crippen LogP contribution >= 0.6 is 0 Å². The number of nitrogens with one attached hydrogen (secondary N) is 1. The van der Waals surface area contributed by atoms with Gasteiger partial charge in [-0.3, -0.25) is 0 Å². The van der Waals surface area contributed by atoms with Crippen molar-refractivity contribution in [2.75, 3.05) is 40.4 Å². The molecule has 0 fully saturated rings. The van der Waals surface area contributed by atoms with E-state index in [1.165, 1.54) is 36.8 Å². The molecular formula is C17H28N2O. The first-order chi connectivity index (χ1) is 9.81. The smallest absolute Gasteiger partial charge is 0.0589 e. The Hall–Kier alpha value is -0.900. The lowest BCUT2D eigenvalue weighted by Gasteiger charge is -2.22. The average Bonchev–Trinajstić information content (AvgIpc) is 2.68. The molecule has 1 aromatic carbocycles. The fraction of sp³-hybridized carbons (Fsp3) is 0.647. The summed E-state index contributed by atoms with van der Waals surface area (Å²) in [5.74, 6) is 0. The summed E-state index contributed by atoms with van der Waals surface area (Å²) >= 11 is 0. The van der Waals surface area contributed by atoms with E-state index in [1.54, 1.807) is 7.11 Å². The molecule has 0 bridgehead atoms. The van der Waals surface area contributed by atoms with E-state index in [9.17, 15) is 0 Å². The van der Waals surface area contributed by atoms with Crippen LogP contribution in [-0.2, 0) is 11.2 Å². The highest BCUT2D eigenvalue weighted by Crippen LogP contribution is 2.28. The molecule has 3 heteroatoms. The molecule has 20 heavy (non-hydrogen) atoms. The number of hydrogen-bond acceptors (Lipinski definition) is 3. The van der Waals surface area contributed by atoms with Crippen molar-refractivity contribution in [3.8, 4) is 0 Å². The van der Waals surface area contributed by atoms with E-state index in [1.807, 2.05) is 0 Å². The van der Waals surface area contributed by atoms with Crippen LogP contribution in [0.4, 0.5) is 0 Å². The topological polar surface area (TPSA) is 24.5 Å². The Kier molecular flexibility index (Phi) is 6.51. The highest BCUT2D eigenvalue weighted by Gasteiger charge is 2.17. The third-order valence-electron chi connectivity index (χ3n) is 4.18. The van der Waals surface area contributed by atoms with Crippen molar-refractivity contribution in [2.45, 2.75) is 31.7 Å². The molecule has 1 atom stereocenters. The first-order valence-electron chi connectivity index (χ1n) is 7.80. The van der Waals surface area contributed by atoms with Gasteiger partial charge in [0.15, 0.2) is 0 Å². The number of methoxy groups -OCH3 is 1. The van der Waals surface area contributed by atoms with Crippen LogP contribution in [0.2, 0.25) is 0 Å². The number of likely N-dealkylation sites (N-methyl/N-ethyl adjacent to an activating group) is 1. The minimum atomic E-state index is 0.532. The summed E-state index contributed by atoms with van der Waals surface area (Å²) in [5, 5.41) is 3.74. The van der Waals surface area contributed by atoms with Crippen LogP contribution in [0, 0.1) is 0 Å². The summed E-state index contributed by atoms with van der Waals surface area (Å²) in [6.45, 7) is 3.92. The molecule has 1 aliphatic carbocycles. The maximum absolute atomic E-state index is 5.11. The Morgan fingerprint density at radius 3 is 2.95 bits per heavy atom. The van der Waals surface area contributed by atoms with Gasteiger partial charge in [-0.15, -0.1) is 0 Å². The normalized spacial score (nSPS) is 18.9. The van der Waals surface area contributed by atoms with Crippen LogP contribution in [0.5, 0.6) is 0 Å². The van der Waals surface area contributed by atoms with Gasteiger partial charge in [-0.05, 0) is 37.4 Å². The zero-order valence-corrected chi connectivity index (χ0v) is 12.9. The minimum Gasteiger partial charge on any atom is -0.383 e. The maximum Gasteiger partial charge on any atom is 0.0589 e. The lowest BCUT2D eigenvalue weighted by Crippen LogP contribution is -2.33. The highest BCUT2D eigenvalue weighted by molar-refractivity contribution is 5.31. The molecule has 1 unspecified atom stereocenters. The zero-order valence-electron chi connectivity index (χ0n) is 12.9. The summed E-state index contributed by atoms with van der Waals surface area (Å²) in [4.78, 5) is 2.32. The van der Waals surface area contributed by atoms with Crippen LogP contribution in [0.25, 0.3) is 0 Å². The molecular weight excluding hydrogens is 248 g/mol. The number of nitrogens with zero attached hydrogens (tertiary/aromatic N) is 1. The second-order valence-electron chi connectivity index (χ2n) is 5.75. The van der Waals surface area contributed by atoms with Crippen molar-refractivity contribution in [3.63, 3.8) is 0 Å².